The smallest absolute Gasteiger partial charge is 0.330 e. The van der Waals surface area contributed by atoms with Crippen molar-refractivity contribution in [2.45, 2.75) is 39.2 Å². The fourth-order valence-electron chi connectivity index (χ4n) is 2.94. The summed E-state index contributed by atoms with van der Waals surface area (Å²) in [6.07, 6.45) is 0.108. The first-order valence-electron chi connectivity index (χ1n) is 8.03. The van der Waals surface area contributed by atoms with Gasteiger partial charge in [0.05, 0.1) is 17.8 Å². The fraction of sp³-hybridized carbons (Fsp3) is 0.389. The number of ether oxygens (including phenoxy) is 1. The van der Waals surface area contributed by atoms with E-state index in [2.05, 4.69) is 10.5 Å². The molecule has 2 atom stereocenters. The van der Waals surface area contributed by atoms with Crippen LogP contribution in [0.4, 0.5) is 0 Å². The molecule has 1 amide bonds. The number of rotatable bonds is 7. The van der Waals surface area contributed by atoms with E-state index in [9.17, 15) is 14.7 Å². The van der Waals surface area contributed by atoms with Gasteiger partial charge in [-0.25, -0.2) is 4.79 Å². The normalized spacial score (nSPS) is 13.1. The summed E-state index contributed by atoms with van der Waals surface area (Å²) in [5.74, 6) is -0.644. The van der Waals surface area contributed by atoms with E-state index in [4.69, 9.17) is 20.9 Å². The zero-order valence-corrected chi connectivity index (χ0v) is 15.8. The molecule has 1 aromatic carbocycles. The highest BCUT2D eigenvalue weighted by molar-refractivity contribution is 6.32. The van der Waals surface area contributed by atoms with E-state index in [1.807, 2.05) is 6.92 Å². The van der Waals surface area contributed by atoms with Crippen LogP contribution in [0.3, 0.4) is 0 Å². The van der Waals surface area contributed by atoms with Crippen LogP contribution in [0.5, 0.6) is 5.75 Å². The number of nitrogens with zero attached hydrogens (tertiary/aromatic N) is 1. The molecule has 0 fully saturated rings. The zero-order chi connectivity index (χ0) is 19.4. The number of benzene rings is 1. The van der Waals surface area contributed by atoms with Crippen molar-refractivity contribution < 1.29 is 24.0 Å². The van der Waals surface area contributed by atoms with Gasteiger partial charge in [-0.2, -0.15) is 0 Å². The lowest BCUT2D eigenvalue weighted by Gasteiger charge is -2.18. The number of aliphatic carboxylic acids is 1. The molecule has 0 aliphatic rings. The average Bonchev–Trinajstić information content (AvgIpc) is 2.91. The van der Waals surface area contributed by atoms with Crippen LogP contribution in [0, 0.1) is 13.8 Å². The summed E-state index contributed by atoms with van der Waals surface area (Å²) >= 11 is 6.05. The second-order valence-corrected chi connectivity index (χ2v) is 6.48. The lowest BCUT2D eigenvalue weighted by Crippen LogP contribution is -2.34. The molecule has 0 spiro atoms. The second kappa shape index (κ2) is 8.23. The molecular weight excluding hydrogens is 360 g/mol. The molecule has 26 heavy (non-hydrogen) atoms. The Kier molecular flexibility index (Phi) is 6.26. The number of aryl methyl sites for hydroxylation is 2. The largest absolute Gasteiger partial charge is 0.495 e. The predicted molar refractivity (Wildman–Crippen MR) is 95.5 cm³/mol. The Morgan fingerprint density at radius 2 is 2.08 bits per heavy atom. The first kappa shape index (κ1) is 19.8. The molecule has 0 bridgehead atoms. The van der Waals surface area contributed by atoms with Gasteiger partial charge in [0.25, 0.3) is 0 Å². The first-order chi connectivity index (χ1) is 12.2. The van der Waals surface area contributed by atoms with Crippen LogP contribution in [0.2, 0.25) is 5.02 Å². The number of carbonyl (C=O) groups excluding carboxylic acids is 1. The molecule has 7 nitrogen and oxygen atoms in total. The van der Waals surface area contributed by atoms with Crippen molar-refractivity contribution in [3.8, 4) is 5.75 Å². The van der Waals surface area contributed by atoms with Gasteiger partial charge in [-0.1, -0.05) is 29.7 Å². The highest BCUT2D eigenvalue weighted by Gasteiger charge is 2.25. The van der Waals surface area contributed by atoms with E-state index < -0.39 is 17.9 Å². The maximum Gasteiger partial charge on any atom is 0.330 e. The van der Waals surface area contributed by atoms with E-state index >= 15 is 0 Å². The minimum absolute atomic E-state index is 0.108. The third kappa shape index (κ3) is 4.35. The van der Waals surface area contributed by atoms with Crippen molar-refractivity contribution in [2.75, 3.05) is 7.11 Å². The molecule has 0 aliphatic carbocycles. The number of nitrogens with one attached hydrogen (secondary N) is 1. The number of amides is 1. The molecular formula is C18H21ClN2O5. The minimum atomic E-state index is -1.21. The molecule has 1 heterocycles. The monoisotopic (exact) mass is 380 g/mol. The van der Waals surface area contributed by atoms with Gasteiger partial charge in [-0.3, -0.25) is 4.79 Å². The molecule has 8 heteroatoms. The highest BCUT2D eigenvalue weighted by Crippen LogP contribution is 2.29. The topological polar surface area (TPSA) is 102 Å². The number of aromatic nitrogens is 1. The number of halogens is 1. The Morgan fingerprint density at radius 1 is 1.38 bits per heavy atom. The van der Waals surface area contributed by atoms with Crippen molar-refractivity contribution >= 4 is 23.5 Å². The van der Waals surface area contributed by atoms with Crippen molar-refractivity contribution in [3.63, 3.8) is 0 Å². The summed E-state index contributed by atoms with van der Waals surface area (Å²) in [5, 5.41) is 16.2. The molecule has 2 unspecified atom stereocenters. The van der Waals surface area contributed by atoms with Crippen molar-refractivity contribution in [3.05, 3.63) is 45.8 Å². The van der Waals surface area contributed by atoms with Crippen molar-refractivity contribution in [1.82, 2.24) is 10.5 Å². The Hall–Kier alpha value is -2.54. The lowest BCUT2D eigenvalue weighted by atomic mass is 9.95. The third-order valence-electron chi connectivity index (χ3n) is 4.13. The van der Waals surface area contributed by atoms with Crippen LogP contribution >= 0.6 is 11.6 Å². The van der Waals surface area contributed by atoms with E-state index in [0.717, 1.165) is 11.3 Å². The second-order valence-electron chi connectivity index (χ2n) is 6.08. The van der Waals surface area contributed by atoms with Crippen LogP contribution in [-0.4, -0.2) is 29.2 Å². The molecule has 0 saturated carbocycles. The van der Waals surface area contributed by atoms with Crippen LogP contribution < -0.4 is 10.1 Å². The van der Waals surface area contributed by atoms with E-state index in [0.29, 0.717) is 17.1 Å². The number of methoxy groups -OCH3 is 1. The number of carboxylic acids is 1. The van der Waals surface area contributed by atoms with Gasteiger partial charge in [-0.15, -0.1) is 0 Å². The van der Waals surface area contributed by atoms with Gasteiger partial charge in [0, 0.05) is 12.0 Å². The lowest BCUT2D eigenvalue weighted by molar-refractivity contribution is -0.142. The van der Waals surface area contributed by atoms with Gasteiger partial charge < -0.3 is 19.7 Å². The van der Waals surface area contributed by atoms with Gasteiger partial charge >= 0.3 is 5.97 Å². The summed E-state index contributed by atoms with van der Waals surface area (Å²) in [6.45, 7) is 5.45. The van der Waals surface area contributed by atoms with Crippen LogP contribution in [0.1, 0.15) is 47.9 Å². The van der Waals surface area contributed by atoms with Gasteiger partial charge in [0.1, 0.15) is 11.5 Å². The molecule has 2 rings (SSSR count). The van der Waals surface area contributed by atoms with E-state index in [-0.39, 0.29) is 17.4 Å². The summed E-state index contributed by atoms with van der Waals surface area (Å²) in [5.41, 5.74) is 1.95. The zero-order valence-electron chi connectivity index (χ0n) is 15.0. The fourth-order valence-corrected chi connectivity index (χ4v) is 3.21. The number of hydrogen-bond acceptors (Lipinski definition) is 5. The number of carbonyl (C=O) groups is 2. The number of hydrogen-bond donors (Lipinski definition) is 2. The highest BCUT2D eigenvalue weighted by atomic mass is 35.5. The standard InChI is InChI=1S/C18H21ClN2O5/c1-9(16-10(2)21-26-11(16)3)7-15(22)20-17(18(23)24)12-5-6-14(25-4)13(19)8-12/h5-6,8-9,17H,7H2,1-4H3,(H,20,22)(H,23,24). The minimum Gasteiger partial charge on any atom is -0.495 e. The molecule has 140 valence electrons. The summed E-state index contributed by atoms with van der Waals surface area (Å²) in [7, 11) is 1.47. The van der Waals surface area contributed by atoms with Crippen LogP contribution in [0.25, 0.3) is 0 Å². The summed E-state index contributed by atoms with van der Waals surface area (Å²) in [4.78, 5) is 24.0. The Bertz CT molecular complexity index is 798. The third-order valence-corrected chi connectivity index (χ3v) is 4.43. The Balaban J connectivity index is 2.13. The summed E-state index contributed by atoms with van der Waals surface area (Å²) < 4.78 is 10.2. The first-order valence-corrected chi connectivity index (χ1v) is 8.40. The molecule has 0 radical (unpaired) electrons. The van der Waals surface area contributed by atoms with E-state index in [1.54, 1.807) is 26.0 Å². The molecule has 2 aromatic rings. The SMILES string of the molecule is COc1ccc(C(NC(=O)CC(C)c2c(C)noc2C)C(=O)O)cc1Cl. The van der Waals surface area contributed by atoms with Crippen molar-refractivity contribution in [1.29, 1.82) is 0 Å². The predicted octanol–water partition coefficient (Wildman–Crippen LogP) is 3.39. The summed E-state index contributed by atoms with van der Waals surface area (Å²) in [6, 6.07) is 3.38. The average molecular weight is 381 g/mol. The Morgan fingerprint density at radius 3 is 2.58 bits per heavy atom. The van der Waals surface area contributed by atoms with E-state index in [1.165, 1.54) is 13.2 Å². The van der Waals surface area contributed by atoms with Crippen LogP contribution in [0.15, 0.2) is 22.7 Å². The maximum absolute atomic E-state index is 12.4. The van der Waals surface area contributed by atoms with Gasteiger partial charge in [-0.05, 0) is 37.5 Å². The quantitative estimate of drug-likeness (QED) is 0.763. The molecule has 0 saturated heterocycles. The van der Waals surface area contributed by atoms with Gasteiger partial charge in [0.2, 0.25) is 5.91 Å². The molecule has 2 N–H and O–H groups in total. The molecule has 1 aromatic heterocycles. The Labute approximate surface area is 156 Å². The number of carboxylic acid groups (broad SMARTS) is 1. The van der Waals surface area contributed by atoms with Crippen molar-refractivity contribution in [2.24, 2.45) is 0 Å². The molecule has 0 aliphatic heterocycles. The van der Waals surface area contributed by atoms with Gasteiger partial charge in [0.15, 0.2) is 6.04 Å². The van der Waals surface area contributed by atoms with Crippen LogP contribution in [-0.2, 0) is 9.59 Å². The maximum atomic E-state index is 12.4.